The van der Waals surface area contributed by atoms with Gasteiger partial charge in [-0.3, -0.25) is 4.68 Å². The number of fused-ring (bicyclic) bond motifs is 1. The van der Waals surface area contributed by atoms with Gasteiger partial charge in [0.15, 0.2) is 0 Å². The maximum absolute atomic E-state index is 9.99. The summed E-state index contributed by atoms with van der Waals surface area (Å²) in [5.41, 5.74) is 2.08. The second-order valence-corrected chi connectivity index (χ2v) is 4.65. The summed E-state index contributed by atoms with van der Waals surface area (Å²) in [6, 6.07) is 8.12. The second-order valence-electron chi connectivity index (χ2n) is 4.65. The van der Waals surface area contributed by atoms with Crippen LogP contribution in [0.2, 0.25) is 0 Å². The molecule has 1 aromatic heterocycles. The molecule has 2 rings (SSSR count). The first kappa shape index (κ1) is 13.1. The fourth-order valence-electron chi connectivity index (χ4n) is 2.18. The molecule has 0 fully saturated rings. The molecule has 1 heterocycles. The highest BCUT2D eigenvalue weighted by Gasteiger charge is 2.12. The molecule has 2 aromatic rings. The average molecular weight is 247 g/mol. The largest absolute Gasteiger partial charge is 0.391 e. The maximum Gasteiger partial charge on any atom is 0.0729 e. The van der Waals surface area contributed by atoms with E-state index in [1.54, 1.807) is 0 Å². The van der Waals surface area contributed by atoms with Crippen molar-refractivity contribution in [2.24, 2.45) is 7.05 Å². The van der Waals surface area contributed by atoms with Crippen LogP contribution in [0.15, 0.2) is 24.3 Å². The van der Waals surface area contributed by atoms with Gasteiger partial charge in [0.05, 0.1) is 17.3 Å². The summed E-state index contributed by atoms with van der Waals surface area (Å²) >= 11 is 0. The standard InChI is InChI=1S/C14H21N3O/c1-3-8-15-10-11(18)9-13-12-6-4-5-7-14(12)17(2)16-13/h4-7,11,15,18H,3,8-10H2,1-2H3. The van der Waals surface area contributed by atoms with Crippen LogP contribution in [0, 0.1) is 0 Å². The van der Waals surface area contributed by atoms with Crippen LogP contribution >= 0.6 is 0 Å². The zero-order chi connectivity index (χ0) is 13.0. The van der Waals surface area contributed by atoms with E-state index in [1.807, 2.05) is 29.9 Å². The van der Waals surface area contributed by atoms with Crippen LogP contribution in [0.25, 0.3) is 10.9 Å². The van der Waals surface area contributed by atoms with E-state index in [9.17, 15) is 5.11 Å². The molecule has 0 saturated carbocycles. The Bertz CT molecular complexity index is 507. The summed E-state index contributed by atoms with van der Waals surface area (Å²) in [5.74, 6) is 0. The first-order valence-corrected chi connectivity index (χ1v) is 6.51. The van der Waals surface area contributed by atoms with E-state index in [0.717, 1.165) is 29.6 Å². The number of aliphatic hydroxyl groups excluding tert-OH is 1. The number of hydrogen-bond donors (Lipinski definition) is 2. The van der Waals surface area contributed by atoms with Gasteiger partial charge in [-0.05, 0) is 19.0 Å². The number of nitrogens with one attached hydrogen (secondary N) is 1. The highest BCUT2D eigenvalue weighted by atomic mass is 16.3. The third-order valence-electron chi connectivity index (χ3n) is 3.07. The SMILES string of the molecule is CCCNCC(O)Cc1nn(C)c2ccccc12. The molecule has 18 heavy (non-hydrogen) atoms. The topological polar surface area (TPSA) is 50.1 Å². The number of aromatic nitrogens is 2. The van der Waals surface area contributed by atoms with E-state index >= 15 is 0 Å². The van der Waals surface area contributed by atoms with E-state index < -0.39 is 0 Å². The van der Waals surface area contributed by atoms with E-state index in [-0.39, 0.29) is 6.10 Å². The number of aliphatic hydroxyl groups is 1. The summed E-state index contributed by atoms with van der Waals surface area (Å²) < 4.78 is 1.87. The van der Waals surface area contributed by atoms with E-state index in [0.29, 0.717) is 13.0 Å². The first-order chi connectivity index (χ1) is 8.72. The molecule has 1 aromatic carbocycles. The van der Waals surface area contributed by atoms with Crippen molar-refractivity contribution in [1.82, 2.24) is 15.1 Å². The Morgan fingerprint density at radius 2 is 2.17 bits per heavy atom. The van der Waals surface area contributed by atoms with Crippen molar-refractivity contribution >= 4 is 10.9 Å². The molecule has 4 nitrogen and oxygen atoms in total. The van der Waals surface area contributed by atoms with Crippen LogP contribution in [0.5, 0.6) is 0 Å². The molecule has 0 bridgehead atoms. The molecule has 2 N–H and O–H groups in total. The molecule has 0 aliphatic rings. The van der Waals surface area contributed by atoms with Crippen molar-refractivity contribution in [1.29, 1.82) is 0 Å². The van der Waals surface area contributed by atoms with Crippen LogP contribution < -0.4 is 5.32 Å². The fourth-order valence-corrected chi connectivity index (χ4v) is 2.18. The third kappa shape index (κ3) is 2.89. The molecule has 0 aliphatic heterocycles. The third-order valence-corrected chi connectivity index (χ3v) is 3.07. The lowest BCUT2D eigenvalue weighted by atomic mass is 10.1. The summed E-state index contributed by atoms with van der Waals surface area (Å²) in [7, 11) is 1.94. The van der Waals surface area contributed by atoms with Crippen molar-refractivity contribution in [2.45, 2.75) is 25.9 Å². The van der Waals surface area contributed by atoms with E-state index in [2.05, 4.69) is 23.4 Å². The van der Waals surface area contributed by atoms with Gasteiger partial charge >= 0.3 is 0 Å². The summed E-state index contributed by atoms with van der Waals surface area (Å²) in [5, 5.41) is 18.8. The van der Waals surface area contributed by atoms with Crippen LogP contribution in [0.3, 0.4) is 0 Å². The Morgan fingerprint density at radius 1 is 1.39 bits per heavy atom. The minimum atomic E-state index is -0.380. The Kier molecular flexibility index (Phi) is 4.33. The molecule has 98 valence electrons. The van der Waals surface area contributed by atoms with Gasteiger partial charge < -0.3 is 10.4 Å². The number of aryl methyl sites for hydroxylation is 1. The minimum absolute atomic E-state index is 0.380. The van der Waals surface area contributed by atoms with Crippen LogP contribution in [-0.2, 0) is 13.5 Å². The maximum atomic E-state index is 9.99. The zero-order valence-electron chi connectivity index (χ0n) is 11.1. The van der Waals surface area contributed by atoms with Crippen LogP contribution in [0.1, 0.15) is 19.0 Å². The molecule has 1 atom stereocenters. The van der Waals surface area contributed by atoms with Gasteiger partial charge in [0.1, 0.15) is 0 Å². The normalized spacial score (nSPS) is 13.1. The van der Waals surface area contributed by atoms with Gasteiger partial charge in [-0.2, -0.15) is 5.10 Å². The number of para-hydroxylation sites is 1. The molecule has 0 aliphatic carbocycles. The summed E-state index contributed by atoms with van der Waals surface area (Å²) in [6.07, 6.45) is 1.30. The predicted molar refractivity (Wildman–Crippen MR) is 73.6 cm³/mol. The number of nitrogens with zero attached hydrogens (tertiary/aromatic N) is 2. The average Bonchev–Trinajstić information content (AvgIpc) is 2.67. The lowest BCUT2D eigenvalue weighted by Gasteiger charge is -2.09. The predicted octanol–water partition coefficient (Wildman–Crippen LogP) is 1.48. The monoisotopic (exact) mass is 247 g/mol. The minimum Gasteiger partial charge on any atom is -0.391 e. The molecule has 1 unspecified atom stereocenters. The van der Waals surface area contributed by atoms with E-state index in [1.165, 1.54) is 0 Å². The molecular weight excluding hydrogens is 226 g/mol. The quantitative estimate of drug-likeness (QED) is 0.760. The zero-order valence-corrected chi connectivity index (χ0v) is 11.1. The molecule has 0 saturated heterocycles. The summed E-state index contributed by atoms with van der Waals surface area (Å²) in [6.45, 7) is 3.68. The molecular formula is C14H21N3O. The fraction of sp³-hybridized carbons (Fsp3) is 0.500. The highest BCUT2D eigenvalue weighted by molar-refractivity contribution is 5.81. The van der Waals surface area contributed by atoms with Crippen molar-refractivity contribution in [3.05, 3.63) is 30.0 Å². The Labute approximate surface area is 108 Å². The second kappa shape index (κ2) is 5.98. The van der Waals surface area contributed by atoms with Gasteiger partial charge in [-0.1, -0.05) is 25.1 Å². The van der Waals surface area contributed by atoms with Gasteiger partial charge in [0, 0.05) is 25.4 Å². The van der Waals surface area contributed by atoms with Crippen molar-refractivity contribution in [3.8, 4) is 0 Å². The van der Waals surface area contributed by atoms with E-state index in [4.69, 9.17) is 0 Å². The first-order valence-electron chi connectivity index (χ1n) is 6.51. The van der Waals surface area contributed by atoms with Crippen LogP contribution in [0.4, 0.5) is 0 Å². The van der Waals surface area contributed by atoms with Gasteiger partial charge in [0.2, 0.25) is 0 Å². The Morgan fingerprint density at radius 3 is 2.94 bits per heavy atom. The Balaban J connectivity index is 2.07. The van der Waals surface area contributed by atoms with Gasteiger partial charge in [-0.15, -0.1) is 0 Å². The lowest BCUT2D eigenvalue weighted by molar-refractivity contribution is 0.171. The number of rotatable bonds is 6. The van der Waals surface area contributed by atoms with Crippen molar-refractivity contribution in [2.75, 3.05) is 13.1 Å². The molecule has 0 spiro atoms. The Hall–Kier alpha value is -1.39. The summed E-state index contributed by atoms with van der Waals surface area (Å²) in [4.78, 5) is 0. The molecule has 0 radical (unpaired) electrons. The highest BCUT2D eigenvalue weighted by Crippen LogP contribution is 2.18. The smallest absolute Gasteiger partial charge is 0.0729 e. The van der Waals surface area contributed by atoms with Crippen LogP contribution in [-0.4, -0.2) is 34.1 Å². The lowest BCUT2D eigenvalue weighted by Crippen LogP contribution is -2.29. The number of hydrogen-bond acceptors (Lipinski definition) is 3. The van der Waals surface area contributed by atoms with Gasteiger partial charge in [0.25, 0.3) is 0 Å². The van der Waals surface area contributed by atoms with Gasteiger partial charge in [-0.25, -0.2) is 0 Å². The van der Waals surface area contributed by atoms with Crippen molar-refractivity contribution < 1.29 is 5.11 Å². The molecule has 4 heteroatoms. The number of benzene rings is 1. The van der Waals surface area contributed by atoms with Crippen molar-refractivity contribution in [3.63, 3.8) is 0 Å². The molecule has 0 amide bonds.